The van der Waals surface area contributed by atoms with Gasteiger partial charge in [0.2, 0.25) is 0 Å². The molecule has 1 N–H and O–H groups in total. The first-order chi connectivity index (χ1) is 8.04. The van der Waals surface area contributed by atoms with Gasteiger partial charge >= 0.3 is 0 Å². The number of hydrogen-bond acceptors (Lipinski definition) is 1. The van der Waals surface area contributed by atoms with Crippen molar-refractivity contribution in [3.63, 3.8) is 0 Å². The second-order valence-corrected chi connectivity index (χ2v) is 4.64. The van der Waals surface area contributed by atoms with Crippen LogP contribution in [0.2, 0.25) is 5.02 Å². The van der Waals surface area contributed by atoms with Crippen LogP contribution < -0.4 is 0 Å². The minimum atomic E-state index is -0.445. The van der Waals surface area contributed by atoms with Crippen LogP contribution in [0.15, 0.2) is 18.3 Å². The van der Waals surface area contributed by atoms with Gasteiger partial charge in [0, 0.05) is 18.1 Å². The molecule has 17 heavy (non-hydrogen) atoms. The third-order valence-electron chi connectivity index (χ3n) is 2.86. The summed E-state index contributed by atoms with van der Waals surface area (Å²) in [5.41, 5.74) is 1.87. The molecular formula is C13H15ClFNO. The lowest BCUT2D eigenvalue weighted by Gasteiger charge is -2.07. The maximum absolute atomic E-state index is 13.4. The smallest absolute Gasteiger partial charge is 0.142 e. The highest BCUT2D eigenvalue weighted by atomic mass is 35.5. The number of hydrogen-bond donors (Lipinski definition) is 1. The molecule has 0 bridgehead atoms. The lowest BCUT2D eigenvalue weighted by Crippen LogP contribution is -2.10. The van der Waals surface area contributed by atoms with Gasteiger partial charge in [0.25, 0.3) is 0 Å². The highest BCUT2D eigenvalue weighted by molar-refractivity contribution is 6.35. The van der Waals surface area contributed by atoms with Crippen molar-refractivity contribution in [2.45, 2.75) is 32.9 Å². The predicted octanol–water partition coefficient (Wildman–Crippen LogP) is 3.38. The van der Waals surface area contributed by atoms with Crippen LogP contribution in [0.5, 0.6) is 0 Å². The topological polar surface area (TPSA) is 25.2 Å². The van der Waals surface area contributed by atoms with Gasteiger partial charge in [-0.1, -0.05) is 18.5 Å². The van der Waals surface area contributed by atoms with E-state index in [2.05, 4.69) is 0 Å². The number of aryl methyl sites for hydroxylation is 1. The van der Waals surface area contributed by atoms with Gasteiger partial charge in [-0.25, -0.2) is 4.39 Å². The number of rotatable bonds is 3. The molecule has 1 heterocycles. The summed E-state index contributed by atoms with van der Waals surface area (Å²) in [6, 6.07) is 3.07. The molecule has 2 nitrogen and oxygen atoms in total. The van der Waals surface area contributed by atoms with E-state index in [9.17, 15) is 9.50 Å². The maximum atomic E-state index is 13.4. The van der Waals surface area contributed by atoms with E-state index in [1.807, 2.05) is 17.7 Å². The summed E-state index contributed by atoms with van der Waals surface area (Å²) in [7, 11) is 0. The Morgan fingerprint density at radius 2 is 2.18 bits per heavy atom. The molecule has 1 aromatic carbocycles. The zero-order valence-electron chi connectivity index (χ0n) is 9.87. The number of halogens is 2. The van der Waals surface area contributed by atoms with Crippen LogP contribution in [0.1, 0.15) is 19.4 Å². The molecule has 0 saturated carbocycles. The summed E-state index contributed by atoms with van der Waals surface area (Å²) in [4.78, 5) is 0. The zero-order valence-corrected chi connectivity index (χ0v) is 10.6. The molecule has 92 valence electrons. The Morgan fingerprint density at radius 1 is 1.47 bits per heavy atom. The standard InChI is InChI=1S/C13H15ClFNO/c1-3-9-7-16(6-8(2)17)11-5-4-10(15)13(14)12(9)11/h4-5,7-8,17H,3,6H2,1-2H3/t8-/m1/s1. The number of aliphatic hydroxyl groups is 1. The Kier molecular flexibility index (Phi) is 3.40. The van der Waals surface area contributed by atoms with Crippen molar-refractivity contribution in [3.8, 4) is 0 Å². The Morgan fingerprint density at radius 3 is 2.76 bits per heavy atom. The Bertz CT molecular complexity index is 548. The number of aromatic nitrogens is 1. The molecular weight excluding hydrogens is 241 g/mol. The highest BCUT2D eigenvalue weighted by Gasteiger charge is 2.14. The highest BCUT2D eigenvalue weighted by Crippen LogP contribution is 2.31. The van der Waals surface area contributed by atoms with E-state index in [-0.39, 0.29) is 5.02 Å². The lowest BCUT2D eigenvalue weighted by molar-refractivity contribution is 0.175. The van der Waals surface area contributed by atoms with Crippen LogP contribution in [-0.4, -0.2) is 15.8 Å². The fraction of sp³-hybridized carbons (Fsp3) is 0.385. The van der Waals surface area contributed by atoms with Gasteiger partial charge < -0.3 is 9.67 Å². The molecule has 0 unspecified atom stereocenters. The summed E-state index contributed by atoms with van der Waals surface area (Å²) >= 11 is 6.01. The van der Waals surface area contributed by atoms with Gasteiger partial charge in [-0.05, 0) is 31.0 Å². The van der Waals surface area contributed by atoms with Crippen molar-refractivity contribution < 1.29 is 9.50 Å². The molecule has 0 fully saturated rings. The molecule has 0 saturated heterocycles. The van der Waals surface area contributed by atoms with E-state index in [1.165, 1.54) is 6.07 Å². The quantitative estimate of drug-likeness (QED) is 0.894. The van der Waals surface area contributed by atoms with Crippen LogP contribution in [0.25, 0.3) is 10.9 Å². The fourth-order valence-electron chi connectivity index (χ4n) is 2.11. The van der Waals surface area contributed by atoms with Crippen molar-refractivity contribution in [3.05, 3.63) is 34.7 Å². The Labute approximate surface area is 105 Å². The van der Waals surface area contributed by atoms with E-state index in [4.69, 9.17) is 11.6 Å². The summed E-state index contributed by atoms with van der Waals surface area (Å²) in [5, 5.41) is 10.4. The first kappa shape index (κ1) is 12.4. The largest absolute Gasteiger partial charge is 0.392 e. The van der Waals surface area contributed by atoms with Gasteiger partial charge in [0.15, 0.2) is 0 Å². The fourth-order valence-corrected chi connectivity index (χ4v) is 2.39. The molecule has 0 amide bonds. The maximum Gasteiger partial charge on any atom is 0.142 e. The van der Waals surface area contributed by atoms with Crippen LogP contribution in [-0.2, 0) is 13.0 Å². The normalized spacial score (nSPS) is 13.2. The minimum Gasteiger partial charge on any atom is -0.392 e. The Balaban J connectivity index is 2.68. The molecule has 2 aromatic rings. The van der Waals surface area contributed by atoms with Gasteiger partial charge in [-0.2, -0.15) is 0 Å². The summed E-state index contributed by atoms with van der Waals surface area (Å²) in [5.74, 6) is -0.399. The first-order valence-corrected chi connectivity index (χ1v) is 6.06. The average Bonchev–Trinajstić information content (AvgIpc) is 2.61. The first-order valence-electron chi connectivity index (χ1n) is 5.68. The summed E-state index contributed by atoms with van der Waals surface area (Å²) in [6.07, 6.45) is 2.27. The number of nitrogens with zero attached hydrogens (tertiary/aromatic N) is 1. The van der Waals surface area contributed by atoms with Crippen LogP contribution in [0.3, 0.4) is 0 Å². The van der Waals surface area contributed by atoms with Gasteiger partial charge in [0.05, 0.1) is 16.6 Å². The summed E-state index contributed by atoms with van der Waals surface area (Å²) in [6.45, 7) is 4.21. The molecule has 4 heteroatoms. The third kappa shape index (κ3) is 2.17. The van der Waals surface area contributed by atoms with Gasteiger partial charge in [-0.3, -0.25) is 0 Å². The van der Waals surface area contributed by atoms with Crippen LogP contribution in [0.4, 0.5) is 4.39 Å². The molecule has 0 aliphatic rings. The van der Waals surface area contributed by atoms with Crippen molar-refractivity contribution in [2.24, 2.45) is 0 Å². The summed E-state index contributed by atoms with van der Waals surface area (Å²) < 4.78 is 15.4. The van der Waals surface area contributed by atoms with E-state index < -0.39 is 11.9 Å². The molecule has 0 aliphatic heterocycles. The predicted molar refractivity (Wildman–Crippen MR) is 68.0 cm³/mol. The molecule has 0 aliphatic carbocycles. The average molecular weight is 256 g/mol. The van der Waals surface area contributed by atoms with Crippen molar-refractivity contribution >= 4 is 22.5 Å². The molecule has 2 rings (SSSR count). The number of fused-ring (bicyclic) bond motifs is 1. The van der Waals surface area contributed by atoms with Crippen molar-refractivity contribution in [2.75, 3.05) is 0 Å². The van der Waals surface area contributed by atoms with E-state index >= 15 is 0 Å². The lowest BCUT2D eigenvalue weighted by atomic mass is 10.1. The van der Waals surface area contributed by atoms with Crippen molar-refractivity contribution in [1.82, 2.24) is 4.57 Å². The second kappa shape index (κ2) is 4.67. The van der Waals surface area contributed by atoms with Gasteiger partial charge in [-0.15, -0.1) is 0 Å². The monoisotopic (exact) mass is 255 g/mol. The molecule has 1 atom stereocenters. The van der Waals surface area contributed by atoms with E-state index in [1.54, 1.807) is 13.0 Å². The SMILES string of the molecule is CCc1cn(C[C@@H](C)O)c2ccc(F)c(Cl)c12. The van der Waals surface area contributed by atoms with Crippen LogP contribution in [0, 0.1) is 5.82 Å². The Hall–Kier alpha value is -1.06. The second-order valence-electron chi connectivity index (χ2n) is 4.26. The van der Waals surface area contributed by atoms with E-state index in [0.717, 1.165) is 22.9 Å². The van der Waals surface area contributed by atoms with Gasteiger partial charge in [0.1, 0.15) is 5.82 Å². The molecule has 0 radical (unpaired) electrons. The van der Waals surface area contributed by atoms with Crippen LogP contribution >= 0.6 is 11.6 Å². The number of benzene rings is 1. The third-order valence-corrected chi connectivity index (χ3v) is 3.23. The molecule has 0 spiro atoms. The van der Waals surface area contributed by atoms with Crippen molar-refractivity contribution in [1.29, 1.82) is 0 Å². The minimum absolute atomic E-state index is 0.170. The van der Waals surface area contributed by atoms with E-state index in [0.29, 0.717) is 6.54 Å². The number of aliphatic hydroxyl groups excluding tert-OH is 1. The molecule has 1 aromatic heterocycles. The zero-order chi connectivity index (χ0) is 12.6.